The molecular weight excluding hydrogens is 640 g/mol. The number of hydrogen-bond donors (Lipinski definition) is 0. The van der Waals surface area contributed by atoms with Crippen molar-refractivity contribution < 1.29 is 42.8 Å². The van der Waals surface area contributed by atoms with Crippen molar-refractivity contribution in [1.82, 2.24) is 4.90 Å². The number of methoxy groups -OCH3 is 3. The largest absolute Gasteiger partial charge is 0.496 e. The van der Waals surface area contributed by atoms with E-state index in [-0.39, 0.29) is 37.2 Å². The maximum atomic E-state index is 14.3. The van der Waals surface area contributed by atoms with Gasteiger partial charge < -0.3 is 38.2 Å². The van der Waals surface area contributed by atoms with Crippen molar-refractivity contribution in [2.75, 3.05) is 59.1 Å². The molecule has 2 amide bonds. The number of ether oxygens (including phenoxy) is 6. The molecule has 0 N–H and O–H groups in total. The molecule has 2 atom stereocenters. The fourth-order valence-electron chi connectivity index (χ4n) is 6.42. The van der Waals surface area contributed by atoms with Crippen molar-refractivity contribution in [2.45, 2.75) is 58.2 Å². The van der Waals surface area contributed by atoms with Gasteiger partial charge in [0.1, 0.15) is 41.0 Å². The van der Waals surface area contributed by atoms with Gasteiger partial charge in [-0.15, -0.1) is 0 Å². The Morgan fingerprint density at radius 1 is 0.920 bits per heavy atom. The number of anilines is 1. The van der Waals surface area contributed by atoms with E-state index in [0.717, 1.165) is 16.7 Å². The lowest BCUT2D eigenvalue weighted by Gasteiger charge is -2.39. The Labute approximate surface area is 294 Å². The van der Waals surface area contributed by atoms with Crippen molar-refractivity contribution in [1.29, 1.82) is 0 Å². The van der Waals surface area contributed by atoms with Crippen molar-refractivity contribution in [3.63, 3.8) is 0 Å². The van der Waals surface area contributed by atoms with Crippen LogP contribution in [-0.4, -0.2) is 82.5 Å². The second-order valence-electron chi connectivity index (χ2n) is 13.6. The van der Waals surface area contributed by atoms with Crippen LogP contribution in [0.2, 0.25) is 0 Å². The first kappa shape index (κ1) is 36.5. The first-order chi connectivity index (χ1) is 24.0. The standard InChI is InChI=1S/C39H48N2O9/c1-39(2,3)50-38(44)40-15-13-32(28-10-7-9-27(17-28)24-48-31-21-29(46-5)20-30(22-31)47-6)33(23-40)35(42)19-26-11-12-36-34(18-26)41(14-8-16-45-4)37(43)25-49-36/h7,9-12,17-18,20-22,32-33H,8,13-16,19,23-25H2,1-6H3/t32-,33+/m1/s1. The maximum absolute atomic E-state index is 14.3. The highest BCUT2D eigenvalue weighted by atomic mass is 16.6. The zero-order valence-corrected chi connectivity index (χ0v) is 29.9. The molecule has 2 heterocycles. The van der Waals surface area contributed by atoms with Gasteiger partial charge in [0, 0.05) is 63.9 Å². The molecule has 0 bridgehead atoms. The highest BCUT2D eigenvalue weighted by Gasteiger charge is 2.38. The zero-order chi connectivity index (χ0) is 35.8. The van der Waals surface area contributed by atoms with E-state index in [2.05, 4.69) is 6.07 Å². The Morgan fingerprint density at radius 2 is 1.66 bits per heavy atom. The van der Waals surface area contributed by atoms with Crippen molar-refractivity contribution in [3.05, 3.63) is 77.4 Å². The summed E-state index contributed by atoms with van der Waals surface area (Å²) in [6.07, 6.45) is 0.970. The third kappa shape index (κ3) is 9.26. The molecule has 0 aromatic heterocycles. The predicted octanol–water partition coefficient (Wildman–Crippen LogP) is 6.20. The molecule has 3 aromatic carbocycles. The summed E-state index contributed by atoms with van der Waals surface area (Å²) in [5.41, 5.74) is 2.71. The summed E-state index contributed by atoms with van der Waals surface area (Å²) in [6, 6.07) is 19.0. The second kappa shape index (κ2) is 16.3. The molecule has 2 aliphatic rings. The number of fused-ring (bicyclic) bond motifs is 1. The van der Waals surface area contributed by atoms with E-state index >= 15 is 0 Å². The molecule has 11 nitrogen and oxygen atoms in total. The lowest BCUT2D eigenvalue weighted by atomic mass is 9.76. The average Bonchev–Trinajstić information content (AvgIpc) is 3.10. The number of nitrogens with zero attached hydrogens (tertiary/aromatic N) is 2. The molecule has 0 aliphatic carbocycles. The van der Waals surface area contributed by atoms with Gasteiger partial charge in [0.25, 0.3) is 5.91 Å². The van der Waals surface area contributed by atoms with Gasteiger partial charge in [0.2, 0.25) is 0 Å². The van der Waals surface area contributed by atoms with Crippen LogP contribution in [0.4, 0.5) is 10.5 Å². The average molecular weight is 689 g/mol. The molecule has 0 unspecified atom stereocenters. The number of carbonyl (C=O) groups excluding carboxylic acids is 3. The molecule has 5 rings (SSSR count). The Kier molecular flexibility index (Phi) is 11.9. The van der Waals surface area contributed by atoms with E-state index in [1.807, 2.05) is 57.2 Å². The Morgan fingerprint density at radius 3 is 2.36 bits per heavy atom. The smallest absolute Gasteiger partial charge is 0.410 e. The molecule has 1 saturated heterocycles. The van der Waals surface area contributed by atoms with Gasteiger partial charge >= 0.3 is 6.09 Å². The SMILES string of the molecule is COCCCN1C(=O)COc2ccc(CC(=O)[C@H]3CN(C(=O)OC(C)(C)C)CC[C@@H]3c3cccc(COc4cc(OC)cc(OC)c4)c3)cc21. The van der Waals surface area contributed by atoms with E-state index in [4.69, 9.17) is 28.4 Å². The highest BCUT2D eigenvalue weighted by molar-refractivity contribution is 5.98. The second-order valence-corrected chi connectivity index (χ2v) is 13.6. The van der Waals surface area contributed by atoms with Gasteiger partial charge in [-0.3, -0.25) is 9.59 Å². The number of piperidine rings is 1. The summed E-state index contributed by atoms with van der Waals surface area (Å²) in [6.45, 7) is 7.48. The molecule has 1 fully saturated rings. The van der Waals surface area contributed by atoms with Gasteiger partial charge in [-0.2, -0.15) is 0 Å². The molecule has 0 radical (unpaired) electrons. The number of Topliss-reactive ketones (excluding diaryl/α,β-unsaturated/α-hetero) is 1. The Hall–Kier alpha value is -4.77. The van der Waals surface area contributed by atoms with Crippen LogP contribution < -0.4 is 23.8 Å². The molecule has 2 aliphatic heterocycles. The summed E-state index contributed by atoms with van der Waals surface area (Å²) in [4.78, 5) is 43.6. The van der Waals surface area contributed by atoms with Gasteiger partial charge in [-0.05, 0) is 68.4 Å². The number of likely N-dealkylation sites (tertiary alicyclic amines) is 1. The lowest BCUT2D eigenvalue weighted by Crippen LogP contribution is -2.47. The van der Waals surface area contributed by atoms with Crippen molar-refractivity contribution in [2.24, 2.45) is 5.92 Å². The first-order valence-corrected chi connectivity index (χ1v) is 17.0. The van der Waals surface area contributed by atoms with Crippen LogP contribution >= 0.6 is 0 Å². The van der Waals surface area contributed by atoms with Gasteiger partial charge in [0.05, 0.1) is 19.9 Å². The Balaban J connectivity index is 1.38. The molecule has 3 aromatic rings. The fraction of sp³-hybridized carbons (Fsp3) is 0.462. The number of hydrogen-bond acceptors (Lipinski definition) is 9. The van der Waals surface area contributed by atoms with Gasteiger partial charge in [0.15, 0.2) is 6.61 Å². The number of rotatable bonds is 13. The van der Waals surface area contributed by atoms with E-state index in [1.165, 1.54) is 0 Å². The number of ketones is 1. The molecule has 0 spiro atoms. The predicted molar refractivity (Wildman–Crippen MR) is 188 cm³/mol. The quantitative estimate of drug-likeness (QED) is 0.194. The number of benzene rings is 3. The molecule has 268 valence electrons. The van der Waals surface area contributed by atoms with Crippen LogP contribution in [0.1, 0.15) is 56.2 Å². The third-order valence-corrected chi connectivity index (χ3v) is 8.86. The molecular formula is C39H48N2O9. The van der Waals surface area contributed by atoms with Crippen LogP contribution in [-0.2, 0) is 32.1 Å². The summed E-state index contributed by atoms with van der Waals surface area (Å²) < 4.78 is 33.5. The van der Waals surface area contributed by atoms with Crippen LogP contribution in [0.25, 0.3) is 0 Å². The normalized spacial score (nSPS) is 17.4. The molecule has 50 heavy (non-hydrogen) atoms. The lowest BCUT2D eigenvalue weighted by molar-refractivity contribution is -0.124. The summed E-state index contributed by atoms with van der Waals surface area (Å²) in [5.74, 6) is 1.73. The first-order valence-electron chi connectivity index (χ1n) is 17.0. The van der Waals surface area contributed by atoms with Gasteiger partial charge in [-0.1, -0.05) is 30.3 Å². The number of carbonyl (C=O) groups is 3. The van der Waals surface area contributed by atoms with E-state index in [1.54, 1.807) is 49.3 Å². The van der Waals surface area contributed by atoms with Crippen LogP contribution in [0, 0.1) is 5.92 Å². The highest BCUT2D eigenvalue weighted by Crippen LogP contribution is 2.38. The summed E-state index contributed by atoms with van der Waals surface area (Å²) >= 11 is 0. The van der Waals surface area contributed by atoms with E-state index in [9.17, 15) is 14.4 Å². The summed E-state index contributed by atoms with van der Waals surface area (Å²) in [5, 5.41) is 0. The van der Waals surface area contributed by atoms with Crippen LogP contribution in [0.3, 0.4) is 0 Å². The number of amides is 2. The minimum Gasteiger partial charge on any atom is -0.496 e. The third-order valence-electron chi connectivity index (χ3n) is 8.86. The summed E-state index contributed by atoms with van der Waals surface area (Å²) in [7, 11) is 4.81. The van der Waals surface area contributed by atoms with Crippen LogP contribution in [0.15, 0.2) is 60.7 Å². The molecule has 11 heteroatoms. The Bertz CT molecular complexity index is 1650. The minimum atomic E-state index is -0.660. The van der Waals surface area contributed by atoms with Gasteiger partial charge in [-0.25, -0.2) is 4.79 Å². The van der Waals surface area contributed by atoms with Crippen molar-refractivity contribution in [3.8, 4) is 23.0 Å². The topological polar surface area (TPSA) is 113 Å². The fourth-order valence-corrected chi connectivity index (χ4v) is 6.42. The zero-order valence-electron chi connectivity index (χ0n) is 29.9. The van der Waals surface area contributed by atoms with E-state index in [0.29, 0.717) is 67.8 Å². The van der Waals surface area contributed by atoms with Crippen molar-refractivity contribution >= 4 is 23.5 Å². The van der Waals surface area contributed by atoms with Crippen LogP contribution in [0.5, 0.6) is 23.0 Å². The molecule has 0 saturated carbocycles. The van der Waals surface area contributed by atoms with E-state index < -0.39 is 17.6 Å². The maximum Gasteiger partial charge on any atom is 0.410 e. The monoisotopic (exact) mass is 688 g/mol. The minimum absolute atomic E-state index is 0.00215.